The van der Waals surface area contributed by atoms with E-state index in [2.05, 4.69) is 0 Å². The maximum atomic E-state index is 15.5. The van der Waals surface area contributed by atoms with Crippen LogP contribution in [0.25, 0.3) is 0 Å². The van der Waals surface area contributed by atoms with Crippen LogP contribution in [0, 0.1) is 23.2 Å². The molecule has 148 valence electrons. The molecule has 2 aromatic rings. The van der Waals surface area contributed by atoms with Crippen molar-refractivity contribution >= 4 is 5.91 Å². The quantitative estimate of drug-likeness (QED) is 0.831. The predicted octanol–water partition coefficient (Wildman–Crippen LogP) is 2.28. The number of alkyl halides is 1. The van der Waals surface area contributed by atoms with Crippen molar-refractivity contribution in [2.45, 2.75) is 35.6 Å². The Hall–Kier alpha value is -2.79. The third-order valence-electron chi connectivity index (χ3n) is 6.47. The monoisotopic (exact) mass is 393 g/mol. The average molecular weight is 393 g/mol. The number of hydrogen-bond acceptors (Lipinski definition) is 5. The smallest absolute Gasteiger partial charge is 0.256 e. The van der Waals surface area contributed by atoms with Crippen molar-refractivity contribution in [3.05, 3.63) is 71.8 Å². The molecular weight excluding hydrogens is 373 g/mol. The van der Waals surface area contributed by atoms with Gasteiger partial charge in [0.15, 0.2) is 5.79 Å². The molecule has 0 bridgehead atoms. The van der Waals surface area contributed by atoms with Gasteiger partial charge in [0.25, 0.3) is 5.91 Å². The van der Waals surface area contributed by atoms with Gasteiger partial charge in [0.05, 0.1) is 12.0 Å². The molecule has 1 spiro atoms. The Labute approximate surface area is 167 Å². The molecule has 2 aromatic carbocycles. The number of carbonyl (C=O) groups is 1. The Morgan fingerprint density at radius 2 is 1.48 bits per heavy atom. The highest BCUT2D eigenvalue weighted by Gasteiger charge is 2.89. The topological polar surface area (TPSA) is 111 Å². The second kappa shape index (κ2) is 5.86. The second-order valence-corrected chi connectivity index (χ2v) is 8.13. The Morgan fingerprint density at radius 3 is 1.90 bits per heavy atom. The van der Waals surface area contributed by atoms with Gasteiger partial charge >= 0.3 is 0 Å². The molecule has 3 fully saturated rings. The highest BCUT2D eigenvalue weighted by Crippen LogP contribution is 2.74. The lowest BCUT2D eigenvalue weighted by molar-refractivity contribution is -0.199. The Morgan fingerprint density at radius 1 is 1.00 bits per heavy atom. The number of primary amides is 1. The zero-order chi connectivity index (χ0) is 20.4. The maximum Gasteiger partial charge on any atom is 0.256 e. The van der Waals surface area contributed by atoms with Gasteiger partial charge in [-0.15, -0.1) is 0 Å². The molecule has 1 heterocycles. The van der Waals surface area contributed by atoms with E-state index in [1.807, 2.05) is 66.7 Å². The van der Waals surface area contributed by atoms with Crippen molar-refractivity contribution in [1.82, 2.24) is 0 Å². The number of rotatable bonds is 3. The molecule has 3 aliphatic rings. The molecule has 29 heavy (non-hydrogen) atoms. The fourth-order valence-electron chi connectivity index (χ4n) is 5.23. The summed E-state index contributed by atoms with van der Waals surface area (Å²) >= 11 is 0. The van der Waals surface area contributed by atoms with Gasteiger partial charge in [0, 0.05) is 12.3 Å². The minimum Gasteiger partial charge on any atom is -0.367 e. The van der Waals surface area contributed by atoms with E-state index in [-0.39, 0.29) is 6.42 Å². The number of ether oxygens (including phenoxy) is 2. The first-order chi connectivity index (χ1) is 13.9. The summed E-state index contributed by atoms with van der Waals surface area (Å²) in [6.07, 6.45) is -1.12. The highest BCUT2D eigenvalue weighted by molar-refractivity contribution is 5.89. The molecule has 6 atom stereocenters. The number of halogens is 1. The van der Waals surface area contributed by atoms with E-state index in [1.54, 1.807) is 0 Å². The van der Waals surface area contributed by atoms with Crippen LogP contribution in [-0.2, 0) is 14.3 Å². The maximum absolute atomic E-state index is 15.5. The van der Waals surface area contributed by atoms with Crippen LogP contribution in [0.2, 0.25) is 0 Å². The van der Waals surface area contributed by atoms with E-state index in [0.717, 1.165) is 11.1 Å². The molecule has 0 aromatic heterocycles. The van der Waals surface area contributed by atoms with E-state index in [0.29, 0.717) is 0 Å². The third-order valence-corrected chi connectivity index (χ3v) is 6.47. The molecule has 4 N–H and O–H groups in total. The van der Waals surface area contributed by atoms with Gasteiger partial charge in [0.1, 0.15) is 17.7 Å². The molecule has 0 radical (unpaired) electrons. The summed E-state index contributed by atoms with van der Waals surface area (Å²) in [4.78, 5) is 11.9. The van der Waals surface area contributed by atoms with Gasteiger partial charge in [-0.3, -0.25) is 4.79 Å². The zero-order valence-electron chi connectivity index (χ0n) is 15.5. The lowest BCUT2D eigenvalue weighted by atomic mass is 9.90. The fourth-order valence-corrected chi connectivity index (χ4v) is 5.23. The minimum absolute atomic E-state index is 0.0303. The van der Waals surface area contributed by atoms with Gasteiger partial charge < -0.3 is 20.9 Å². The fraction of sp³-hybridized carbons (Fsp3) is 0.364. The van der Waals surface area contributed by atoms with Crippen LogP contribution in [0.3, 0.4) is 0 Å². The molecule has 1 aliphatic heterocycles. The molecule has 0 unspecified atom stereocenters. The molecule has 1 amide bonds. The summed E-state index contributed by atoms with van der Waals surface area (Å²) in [5, 5.41) is 9.64. The van der Waals surface area contributed by atoms with Crippen molar-refractivity contribution in [3.8, 4) is 6.07 Å². The lowest BCUT2D eigenvalue weighted by Gasteiger charge is -2.31. The average Bonchev–Trinajstić information content (AvgIpc) is 3.12. The van der Waals surface area contributed by atoms with E-state index >= 15 is 4.39 Å². The molecule has 2 saturated carbocycles. The summed E-state index contributed by atoms with van der Waals surface area (Å²) in [6, 6.07) is 20.9. The number of hydrogen-bond donors (Lipinski definition) is 2. The van der Waals surface area contributed by atoms with Crippen molar-refractivity contribution in [1.29, 1.82) is 5.26 Å². The van der Waals surface area contributed by atoms with E-state index in [1.165, 1.54) is 0 Å². The molecule has 7 heteroatoms. The van der Waals surface area contributed by atoms with Gasteiger partial charge in [-0.2, -0.15) is 5.26 Å². The molecule has 5 rings (SSSR count). The predicted molar refractivity (Wildman–Crippen MR) is 100 cm³/mol. The first-order valence-corrected chi connectivity index (χ1v) is 9.50. The molecule has 6 nitrogen and oxygen atoms in total. The summed E-state index contributed by atoms with van der Waals surface area (Å²) in [5.74, 6) is -4.70. The van der Waals surface area contributed by atoms with Crippen molar-refractivity contribution < 1.29 is 18.7 Å². The number of amides is 1. The molecule has 1 saturated heterocycles. The number of nitriles is 1. The van der Waals surface area contributed by atoms with Crippen LogP contribution in [-0.4, -0.2) is 22.9 Å². The number of benzene rings is 2. The number of nitrogens with two attached hydrogens (primary N) is 2. The lowest BCUT2D eigenvalue weighted by Crippen LogP contribution is -2.51. The summed E-state index contributed by atoms with van der Waals surface area (Å²) in [7, 11) is 0. The third kappa shape index (κ3) is 2.34. The first kappa shape index (κ1) is 18.3. The normalized spacial score (nSPS) is 39.1. The Kier molecular flexibility index (Phi) is 3.69. The van der Waals surface area contributed by atoms with Gasteiger partial charge in [0.2, 0.25) is 5.67 Å². The van der Waals surface area contributed by atoms with Crippen molar-refractivity contribution in [2.24, 2.45) is 23.3 Å². The summed E-state index contributed by atoms with van der Waals surface area (Å²) in [5.41, 5.74) is 9.25. The Balaban J connectivity index is 1.60. The van der Waals surface area contributed by atoms with Crippen LogP contribution in [0.5, 0.6) is 0 Å². The van der Waals surface area contributed by atoms with E-state index in [4.69, 9.17) is 20.9 Å². The standard InChI is InChI=1S/C22H20FN3O3/c23-22(19(25)27)17-18(22)21(11-20(17,26)12-24)28-15(13-7-3-1-4-8-13)16(29-21)14-9-5-2-6-10-14/h1-10,15-18H,11,26H2,(H2,25,27)/t15-,16-,17+,18-,20+,22-/m0/s1. The van der Waals surface area contributed by atoms with Gasteiger partial charge in [-0.05, 0) is 11.1 Å². The molecule has 2 aliphatic carbocycles. The SMILES string of the molecule is N#C[C@]1(N)CC2(O[C@@H](c3ccccc3)[C@H](c3ccccc3)O2)[C@@H]2[C@H]1[C@@]2(F)C(N)=O. The zero-order valence-corrected chi connectivity index (χ0v) is 15.5. The summed E-state index contributed by atoms with van der Waals surface area (Å²) < 4.78 is 28.2. The second-order valence-electron chi connectivity index (χ2n) is 8.13. The van der Waals surface area contributed by atoms with Crippen LogP contribution in [0.1, 0.15) is 29.8 Å². The number of fused-ring (bicyclic) bond motifs is 2. The largest absolute Gasteiger partial charge is 0.367 e. The Bertz CT molecular complexity index is 963. The van der Waals surface area contributed by atoms with E-state index in [9.17, 15) is 10.1 Å². The molecular formula is C22H20FN3O3. The highest BCUT2D eigenvalue weighted by atomic mass is 19.1. The minimum atomic E-state index is -2.42. The first-order valence-electron chi connectivity index (χ1n) is 9.50. The van der Waals surface area contributed by atoms with Crippen LogP contribution in [0.4, 0.5) is 4.39 Å². The number of nitrogens with zero attached hydrogens (tertiary/aromatic N) is 1. The van der Waals surface area contributed by atoms with Crippen molar-refractivity contribution in [3.63, 3.8) is 0 Å². The van der Waals surface area contributed by atoms with Gasteiger partial charge in [-0.25, -0.2) is 4.39 Å². The van der Waals surface area contributed by atoms with Crippen LogP contribution < -0.4 is 11.5 Å². The van der Waals surface area contributed by atoms with E-state index < -0.39 is 46.9 Å². The van der Waals surface area contributed by atoms with Crippen LogP contribution in [0.15, 0.2) is 60.7 Å². The van der Waals surface area contributed by atoms with Gasteiger partial charge in [-0.1, -0.05) is 60.7 Å². The van der Waals surface area contributed by atoms with Crippen LogP contribution >= 0.6 is 0 Å². The van der Waals surface area contributed by atoms with Crippen molar-refractivity contribution in [2.75, 3.05) is 0 Å². The summed E-state index contributed by atoms with van der Waals surface area (Å²) in [6.45, 7) is 0. The number of carbonyl (C=O) groups excluding carboxylic acids is 1.